The minimum absolute atomic E-state index is 0.0847. The van der Waals surface area contributed by atoms with Gasteiger partial charge in [-0.15, -0.1) is 0 Å². The largest absolute Gasteiger partial charge is 0.489 e. The Morgan fingerprint density at radius 2 is 1.60 bits per heavy atom. The van der Waals surface area contributed by atoms with Gasteiger partial charge in [-0.05, 0) is 28.8 Å². The van der Waals surface area contributed by atoms with Crippen molar-refractivity contribution in [1.82, 2.24) is 4.90 Å². The van der Waals surface area contributed by atoms with Gasteiger partial charge in [-0.2, -0.15) is 0 Å². The number of nitrogens with zero attached hydrogens (tertiary/aromatic N) is 1. The van der Waals surface area contributed by atoms with Gasteiger partial charge < -0.3 is 9.47 Å². The van der Waals surface area contributed by atoms with Gasteiger partial charge in [0.1, 0.15) is 12.4 Å². The molecule has 0 N–H and O–H groups in total. The van der Waals surface area contributed by atoms with Crippen LogP contribution in [0.25, 0.3) is 0 Å². The number of hydrogen-bond donors (Lipinski definition) is 0. The maximum absolute atomic E-state index is 12.5. The lowest BCUT2D eigenvalue weighted by Gasteiger charge is -2.18. The average Bonchev–Trinajstić information content (AvgIpc) is 3.22. The van der Waals surface area contributed by atoms with Gasteiger partial charge >= 0.3 is 5.97 Å². The number of carbonyl (C=O) groups is 1. The first-order valence-corrected chi connectivity index (χ1v) is 10.3. The number of likely N-dealkylation sites (tertiary alicyclic amines) is 1. The van der Waals surface area contributed by atoms with E-state index in [-0.39, 0.29) is 17.8 Å². The van der Waals surface area contributed by atoms with E-state index in [1.807, 2.05) is 48.5 Å². The van der Waals surface area contributed by atoms with Crippen molar-refractivity contribution in [1.29, 1.82) is 0 Å². The van der Waals surface area contributed by atoms with Gasteiger partial charge in [0.15, 0.2) is 0 Å². The van der Waals surface area contributed by atoms with Crippen LogP contribution in [0.15, 0.2) is 84.9 Å². The summed E-state index contributed by atoms with van der Waals surface area (Å²) >= 11 is 0. The van der Waals surface area contributed by atoms with E-state index in [1.165, 1.54) is 12.7 Å². The second-order valence-corrected chi connectivity index (χ2v) is 7.76. The maximum atomic E-state index is 12.5. The summed E-state index contributed by atoms with van der Waals surface area (Å²) in [4.78, 5) is 14.8. The summed E-state index contributed by atoms with van der Waals surface area (Å²) in [6.07, 6.45) is 0. The average molecular weight is 402 g/mol. The molecule has 0 aliphatic carbocycles. The second-order valence-electron chi connectivity index (χ2n) is 7.76. The Balaban J connectivity index is 1.49. The molecule has 1 fully saturated rings. The van der Waals surface area contributed by atoms with E-state index < -0.39 is 0 Å². The van der Waals surface area contributed by atoms with Crippen molar-refractivity contribution in [2.45, 2.75) is 19.1 Å². The normalized spacial score (nSPS) is 18.8. The highest BCUT2D eigenvalue weighted by molar-refractivity contribution is 5.74. The lowest BCUT2D eigenvalue weighted by molar-refractivity contribution is -0.145. The number of benzene rings is 3. The van der Waals surface area contributed by atoms with Crippen molar-refractivity contribution in [3.8, 4) is 5.75 Å². The number of ether oxygens (including phenoxy) is 2. The zero-order valence-electron chi connectivity index (χ0n) is 17.2. The Hall–Kier alpha value is -3.11. The van der Waals surface area contributed by atoms with Crippen LogP contribution in [-0.4, -0.2) is 31.1 Å². The molecule has 1 aliphatic heterocycles. The van der Waals surface area contributed by atoms with E-state index in [2.05, 4.69) is 41.3 Å². The van der Waals surface area contributed by atoms with E-state index in [0.29, 0.717) is 13.2 Å². The highest BCUT2D eigenvalue weighted by Gasteiger charge is 2.39. The summed E-state index contributed by atoms with van der Waals surface area (Å²) in [7, 11) is 1.47. The van der Waals surface area contributed by atoms with Crippen molar-refractivity contribution in [2.75, 3.05) is 20.2 Å². The third kappa shape index (κ3) is 4.89. The van der Waals surface area contributed by atoms with E-state index in [0.717, 1.165) is 30.0 Å². The van der Waals surface area contributed by atoms with Crippen molar-refractivity contribution in [3.63, 3.8) is 0 Å². The third-order valence-corrected chi connectivity index (χ3v) is 5.68. The molecule has 4 heteroatoms. The molecule has 0 bridgehead atoms. The Labute approximate surface area is 178 Å². The van der Waals surface area contributed by atoms with Gasteiger partial charge in [-0.25, -0.2) is 0 Å². The van der Waals surface area contributed by atoms with E-state index in [1.54, 1.807) is 0 Å². The Bertz CT molecular complexity index is 958. The van der Waals surface area contributed by atoms with Crippen LogP contribution in [0.2, 0.25) is 0 Å². The minimum atomic E-state index is -0.178. The van der Waals surface area contributed by atoms with Crippen LogP contribution in [0, 0.1) is 5.92 Å². The van der Waals surface area contributed by atoms with Crippen LogP contribution in [0.3, 0.4) is 0 Å². The van der Waals surface area contributed by atoms with Crippen LogP contribution in [0.4, 0.5) is 0 Å². The summed E-state index contributed by atoms with van der Waals surface area (Å²) in [6, 6.07) is 28.6. The minimum Gasteiger partial charge on any atom is -0.489 e. The quantitative estimate of drug-likeness (QED) is 0.540. The molecular formula is C26H27NO3. The van der Waals surface area contributed by atoms with Gasteiger partial charge in [-0.1, -0.05) is 72.8 Å². The summed E-state index contributed by atoms with van der Waals surface area (Å²) in [5, 5.41) is 0. The third-order valence-electron chi connectivity index (χ3n) is 5.68. The van der Waals surface area contributed by atoms with E-state index >= 15 is 0 Å². The van der Waals surface area contributed by atoms with Gasteiger partial charge in [0, 0.05) is 25.6 Å². The number of methoxy groups -OCH3 is 1. The first kappa shape index (κ1) is 20.2. The molecule has 154 valence electrons. The second kappa shape index (κ2) is 9.59. The highest BCUT2D eigenvalue weighted by atomic mass is 16.5. The Morgan fingerprint density at radius 3 is 2.30 bits per heavy atom. The van der Waals surface area contributed by atoms with Crippen LogP contribution >= 0.6 is 0 Å². The predicted octanol–water partition coefficient (Wildman–Crippen LogP) is 4.65. The number of carbonyl (C=O) groups excluding carboxylic acids is 1. The zero-order valence-corrected chi connectivity index (χ0v) is 17.2. The maximum Gasteiger partial charge on any atom is 0.310 e. The van der Waals surface area contributed by atoms with Crippen molar-refractivity contribution in [3.05, 3.63) is 102 Å². The smallest absolute Gasteiger partial charge is 0.310 e. The number of hydrogen-bond acceptors (Lipinski definition) is 4. The van der Waals surface area contributed by atoms with Crippen molar-refractivity contribution < 1.29 is 14.3 Å². The molecule has 1 heterocycles. The highest BCUT2D eigenvalue weighted by Crippen LogP contribution is 2.35. The Morgan fingerprint density at radius 1 is 0.900 bits per heavy atom. The fourth-order valence-electron chi connectivity index (χ4n) is 4.16. The van der Waals surface area contributed by atoms with Crippen LogP contribution in [-0.2, 0) is 22.7 Å². The molecular weight excluding hydrogens is 374 g/mol. The summed E-state index contributed by atoms with van der Waals surface area (Å²) in [5.74, 6) is 0.581. The fourth-order valence-corrected chi connectivity index (χ4v) is 4.16. The topological polar surface area (TPSA) is 38.8 Å². The van der Waals surface area contributed by atoms with Gasteiger partial charge in [0.2, 0.25) is 0 Å². The van der Waals surface area contributed by atoms with Crippen molar-refractivity contribution in [2.24, 2.45) is 5.92 Å². The molecule has 1 aliphatic rings. The van der Waals surface area contributed by atoms with E-state index in [9.17, 15) is 4.79 Å². The molecule has 2 unspecified atom stereocenters. The number of rotatable bonds is 7. The standard InChI is InChI=1S/C26H27NO3/c1-29-26(28)25-18-27(16-20-9-4-2-5-10-20)17-24(25)22-13-8-14-23(15-22)30-19-21-11-6-3-7-12-21/h2-15,24-25H,16-19H2,1H3. The van der Waals surface area contributed by atoms with Gasteiger partial charge in [0.05, 0.1) is 13.0 Å². The first-order chi connectivity index (χ1) is 14.7. The molecule has 0 spiro atoms. The SMILES string of the molecule is COC(=O)C1CN(Cc2ccccc2)CC1c1cccc(OCc2ccccc2)c1. The van der Waals surface area contributed by atoms with Crippen LogP contribution in [0.5, 0.6) is 5.75 Å². The summed E-state index contributed by atoms with van der Waals surface area (Å²) in [5.41, 5.74) is 3.50. The molecule has 3 aromatic rings. The van der Waals surface area contributed by atoms with Gasteiger partial charge in [-0.3, -0.25) is 9.69 Å². The lowest BCUT2D eigenvalue weighted by atomic mass is 9.89. The molecule has 0 radical (unpaired) electrons. The molecule has 1 saturated heterocycles. The molecule has 4 rings (SSSR count). The zero-order chi connectivity index (χ0) is 20.8. The predicted molar refractivity (Wildman–Crippen MR) is 117 cm³/mol. The molecule has 0 amide bonds. The summed E-state index contributed by atoms with van der Waals surface area (Å²) in [6.45, 7) is 2.86. The molecule has 0 aromatic heterocycles. The molecule has 0 saturated carbocycles. The van der Waals surface area contributed by atoms with Crippen LogP contribution < -0.4 is 4.74 Å². The lowest BCUT2D eigenvalue weighted by Crippen LogP contribution is -2.24. The van der Waals surface area contributed by atoms with Crippen LogP contribution in [0.1, 0.15) is 22.6 Å². The number of esters is 1. The molecule has 4 nitrogen and oxygen atoms in total. The fraction of sp³-hybridized carbons (Fsp3) is 0.269. The Kier molecular flexibility index (Phi) is 6.45. The monoisotopic (exact) mass is 401 g/mol. The molecule has 2 atom stereocenters. The van der Waals surface area contributed by atoms with Gasteiger partial charge in [0.25, 0.3) is 0 Å². The summed E-state index contributed by atoms with van der Waals surface area (Å²) < 4.78 is 11.1. The van der Waals surface area contributed by atoms with E-state index in [4.69, 9.17) is 9.47 Å². The molecule has 3 aromatic carbocycles. The molecule has 30 heavy (non-hydrogen) atoms. The van der Waals surface area contributed by atoms with Crippen molar-refractivity contribution >= 4 is 5.97 Å². The first-order valence-electron chi connectivity index (χ1n) is 10.3.